The maximum Gasteiger partial charge on any atom is 0.0814 e. The highest BCUT2D eigenvalue weighted by molar-refractivity contribution is 5.75. The van der Waals surface area contributed by atoms with E-state index in [1.54, 1.807) is 0 Å². The van der Waals surface area contributed by atoms with Gasteiger partial charge < -0.3 is 5.32 Å². The number of rotatable bonds is 3. The average Bonchev–Trinajstić information content (AvgIpc) is 2.05. The smallest absolute Gasteiger partial charge is 0.0814 e. The topological polar surface area (TPSA) is 12.0 Å². The third kappa shape index (κ3) is 4.14. The van der Waals surface area contributed by atoms with Crippen LogP contribution in [0.4, 0.5) is 0 Å². The minimum Gasteiger partial charge on any atom is -0.308 e. The molecule has 0 heterocycles. The molecule has 13 heavy (non-hydrogen) atoms. The van der Waals surface area contributed by atoms with Crippen LogP contribution in [0, 0.1) is 0 Å². The largest absolute Gasteiger partial charge is 0.308 e. The Bertz CT molecular complexity index is 221. The Morgan fingerprint density at radius 1 is 1.00 bits per heavy atom. The quantitative estimate of drug-likeness (QED) is 0.691. The summed E-state index contributed by atoms with van der Waals surface area (Å²) < 4.78 is 0. The van der Waals surface area contributed by atoms with Gasteiger partial charge in [-0.05, 0) is 12.5 Å². The molecule has 0 spiro atoms. The Morgan fingerprint density at radius 2 is 1.54 bits per heavy atom. The Balaban J connectivity index is 0.00000144. The summed E-state index contributed by atoms with van der Waals surface area (Å²) in [5.74, 6) is 0. The zero-order valence-electron chi connectivity index (χ0n) is 8.04. The fraction of sp³-hybridized carbons (Fsp3) is 0.455. The number of hydrogen-bond donors (Lipinski definition) is 1. The first kappa shape index (κ1) is 12.2. The van der Waals surface area contributed by atoms with Crippen molar-refractivity contribution in [2.24, 2.45) is 0 Å². The Kier molecular flexibility index (Phi) is 5.48. The molecule has 1 aromatic carbocycles. The lowest BCUT2D eigenvalue weighted by atomic mass is 10.1. The molecule has 1 atom stereocenters. The molecule has 0 saturated heterocycles. The molecule has 2 heteroatoms. The third-order valence-corrected chi connectivity index (χ3v) is 1.88. The van der Waals surface area contributed by atoms with E-state index in [-0.39, 0.29) is 8.41 Å². The highest BCUT2D eigenvalue weighted by Crippen LogP contribution is 2.11. The molecule has 0 bridgehead atoms. The minimum atomic E-state index is 0. The van der Waals surface area contributed by atoms with Gasteiger partial charge in [0.05, 0.1) is 8.41 Å². The molecule has 0 aliphatic heterocycles. The van der Waals surface area contributed by atoms with Crippen LogP contribution in [-0.4, -0.2) is 14.5 Å². The Morgan fingerprint density at radius 3 is 2.00 bits per heavy atom. The molecule has 1 aromatic rings. The van der Waals surface area contributed by atoms with E-state index in [1.165, 1.54) is 5.56 Å². The summed E-state index contributed by atoms with van der Waals surface area (Å²) in [5.41, 5.74) is 1.35. The summed E-state index contributed by atoms with van der Waals surface area (Å²) in [6, 6.07) is 11.5. The van der Waals surface area contributed by atoms with E-state index in [4.69, 9.17) is 0 Å². The minimum absolute atomic E-state index is 0. The molecule has 1 nitrogen and oxygen atoms in total. The molecule has 0 aliphatic carbocycles. The van der Waals surface area contributed by atoms with E-state index in [0.717, 1.165) is 0 Å². The van der Waals surface area contributed by atoms with Gasteiger partial charge in [0.1, 0.15) is 0 Å². The molecule has 1 N–H and O–H groups in total. The van der Waals surface area contributed by atoms with Gasteiger partial charge in [-0.2, -0.15) is 0 Å². The lowest BCUT2D eigenvalue weighted by molar-refractivity contribution is 0.506. The molecule has 0 amide bonds. The van der Waals surface area contributed by atoms with Crippen molar-refractivity contribution in [3.8, 4) is 0 Å². The van der Waals surface area contributed by atoms with Crippen LogP contribution >= 0.6 is 0 Å². The molecular formula is C11H20BN. The van der Waals surface area contributed by atoms with Crippen molar-refractivity contribution in [1.82, 2.24) is 5.32 Å². The van der Waals surface area contributed by atoms with Crippen molar-refractivity contribution in [1.29, 1.82) is 0 Å². The van der Waals surface area contributed by atoms with Gasteiger partial charge in [0.25, 0.3) is 0 Å². The monoisotopic (exact) mass is 177 g/mol. The molecule has 0 fully saturated rings. The van der Waals surface area contributed by atoms with Gasteiger partial charge in [0, 0.05) is 12.1 Å². The van der Waals surface area contributed by atoms with Crippen LogP contribution in [-0.2, 0) is 0 Å². The van der Waals surface area contributed by atoms with Crippen molar-refractivity contribution in [3.63, 3.8) is 0 Å². The first-order valence-corrected chi connectivity index (χ1v) is 4.51. The van der Waals surface area contributed by atoms with Crippen molar-refractivity contribution >= 4 is 8.41 Å². The second-order valence-electron chi connectivity index (χ2n) is 3.45. The SMILES string of the molecule is B.CC(C)NC(C)c1ccccc1. The summed E-state index contributed by atoms with van der Waals surface area (Å²) in [6.07, 6.45) is 0. The molecule has 0 aromatic heterocycles. The van der Waals surface area contributed by atoms with Gasteiger partial charge in [0.15, 0.2) is 0 Å². The van der Waals surface area contributed by atoms with E-state index in [1.807, 2.05) is 6.07 Å². The standard InChI is InChI=1S/C11H17N.BH3/c1-9(2)12-10(3)11-7-5-4-6-8-11;/h4-10,12H,1-3H3;1H3. The first-order valence-electron chi connectivity index (χ1n) is 4.51. The van der Waals surface area contributed by atoms with Crippen LogP contribution in [0.5, 0.6) is 0 Å². The molecule has 72 valence electrons. The van der Waals surface area contributed by atoms with E-state index in [2.05, 4.69) is 50.4 Å². The van der Waals surface area contributed by atoms with E-state index < -0.39 is 0 Å². The lowest BCUT2D eigenvalue weighted by Gasteiger charge is -2.16. The summed E-state index contributed by atoms with van der Waals surface area (Å²) in [6.45, 7) is 6.52. The van der Waals surface area contributed by atoms with Crippen molar-refractivity contribution in [2.45, 2.75) is 32.9 Å². The van der Waals surface area contributed by atoms with Gasteiger partial charge >= 0.3 is 0 Å². The predicted octanol–water partition coefficient (Wildman–Crippen LogP) is 1.56. The normalized spacial score (nSPS) is 12.3. The molecule has 0 radical (unpaired) electrons. The summed E-state index contributed by atoms with van der Waals surface area (Å²) in [5, 5.41) is 3.46. The van der Waals surface area contributed by atoms with Crippen LogP contribution in [0.2, 0.25) is 0 Å². The van der Waals surface area contributed by atoms with Crippen molar-refractivity contribution in [2.75, 3.05) is 0 Å². The van der Waals surface area contributed by atoms with Crippen LogP contribution in [0.15, 0.2) is 30.3 Å². The van der Waals surface area contributed by atoms with Crippen LogP contribution < -0.4 is 5.32 Å². The lowest BCUT2D eigenvalue weighted by Crippen LogP contribution is -2.25. The first-order chi connectivity index (χ1) is 5.70. The Labute approximate surface area is 83.1 Å². The highest BCUT2D eigenvalue weighted by atomic mass is 14.9. The zero-order valence-corrected chi connectivity index (χ0v) is 8.04. The summed E-state index contributed by atoms with van der Waals surface area (Å²) in [7, 11) is 0. The molecule has 0 aliphatic rings. The number of nitrogens with one attached hydrogen (secondary N) is 1. The maximum absolute atomic E-state index is 3.46. The predicted molar refractivity (Wildman–Crippen MR) is 63.1 cm³/mol. The molecular weight excluding hydrogens is 157 g/mol. The Hall–Kier alpha value is -0.755. The van der Waals surface area contributed by atoms with Crippen molar-refractivity contribution < 1.29 is 0 Å². The number of hydrogen-bond acceptors (Lipinski definition) is 1. The fourth-order valence-electron chi connectivity index (χ4n) is 1.34. The maximum atomic E-state index is 3.46. The van der Waals surface area contributed by atoms with E-state index >= 15 is 0 Å². The van der Waals surface area contributed by atoms with Crippen LogP contribution in [0.3, 0.4) is 0 Å². The second-order valence-corrected chi connectivity index (χ2v) is 3.45. The van der Waals surface area contributed by atoms with Gasteiger partial charge in [0.2, 0.25) is 0 Å². The second kappa shape index (κ2) is 5.82. The third-order valence-electron chi connectivity index (χ3n) is 1.88. The van der Waals surface area contributed by atoms with Gasteiger partial charge in [-0.15, -0.1) is 0 Å². The van der Waals surface area contributed by atoms with E-state index in [0.29, 0.717) is 12.1 Å². The van der Waals surface area contributed by atoms with E-state index in [9.17, 15) is 0 Å². The van der Waals surface area contributed by atoms with Crippen LogP contribution in [0.25, 0.3) is 0 Å². The van der Waals surface area contributed by atoms with Crippen LogP contribution in [0.1, 0.15) is 32.4 Å². The summed E-state index contributed by atoms with van der Waals surface area (Å²) in [4.78, 5) is 0. The fourth-order valence-corrected chi connectivity index (χ4v) is 1.34. The molecule has 0 saturated carbocycles. The van der Waals surface area contributed by atoms with Gasteiger partial charge in [-0.3, -0.25) is 0 Å². The summed E-state index contributed by atoms with van der Waals surface area (Å²) >= 11 is 0. The van der Waals surface area contributed by atoms with Gasteiger partial charge in [-0.1, -0.05) is 44.2 Å². The molecule has 1 unspecified atom stereocenters. The molecule has 1 rings (SSSR count). The van der Waals surface area contributed by atoms with Gasteiger partial charge in [-0.25, -0.2) is 0 Å². The zero-order chi connectivity index (χ0) is 8.97. The van der Waals surface area contributed by atoms with Crippen molar-refractivity contribution in [3.05, 3.63) is 35.9 Å². The average molecular weight is 177 g/mol. The number of benzene rings is 1. The highest BCUT2D eigenvalue weighted by Gasteiger charge is 2.04.